The van der Waals surface area contributed by atoms with E-state index in [4.69, 9.17) is 0 Å². The predicted octanol–water partition coefficient (Wildman–Crippen LogP) is 2.21. The minimum Gasteiger partial charge on any atom is -0.322 e. The molecule has 2 rings (SSSR count). The highest BCUT2D eigenvalue weighted by atomic mass is 16.6. The summed E-state index contributed by atoms with van der Waals surface area (Å²) in [6, 6.07) is 6.21. The molecule has 1 aromatic rings. The van der Waals surface area contributed by atoms with Crippen LogP contribution >= 0.6 is 0 Å². The normalized spacial score (nSPS) is 22.3. The number of likely N-dealkylation sites (N-methyl/N-ethyl adjacent to an activating group) is 1. The zero-order chi connectivity index (χ0) is 14.7. The Morgan fingerprint density at radius 3 is 2.45 bits per heavy atom. The molecule has 1 amide bonds. The van der Waals surface area contributed by atoms with Crippen LogP contribution in [0, 0.1) is 10.1 Å². The molecule has 1 aliphatic heterocycles. The topological polar surface area (TPSA) is 75.5 Å². The predicted molar refractivity (Wildman–Crippen MR) is 75.1 cm³/mol. The number of nitro groups is 1. The van der Waals surface area contributed by atoms with Crippen LogP contribution in [-0.4, -0.2) is 28.3 Å². The van der Waals surface area contributed by atoms with Gasteiger partial charge in [-0.2, -0.15) is 0 Å². The Morgan fingerprint density at radius 2 is 1.95 bits per heavy atom. The lowest BCUT2D eigenvalue weighted by Gasteiger charge is -2.22. The van der Waals surface area contributed by atoms with Gasteiger partial charge in [-0.1, -0.05) is 13.3 Å². The molecule has 20 heavy (non-hydrogen) atoms. The van der Waals surface area contributed by atoms with Crippen molar-refractivity contribution in [3.05, 3.63) is 39.9 Å². The van der Waals surface area contributed by atoms with Crippen molar-refractivity contribution in [3.8, 4) is 0 Å². The van der Waals surface area contributed by atoms with Crippen LogP contribution in [0.4, 0.5) is 5.69 Å². The molecule has 1 aromatic carbocycles. The lowest BCUT2D eigenvalue weighted by molar-refractivity contribution is -0.384. The Kier molecular flexibility index (Phi) is 4.34. The lowest BCUT2D eigenvalue weighted by Crippen LogP contribution is -2.30. The highest BCUT2D eigenvalue weighted by molar-refractivity contribution is 5.84. The molecule has 0 spiro atoms. The van der Waals surface area contributed by atoms with Gasteiger partial charge in [0.05, 0.1) is 11.0 Å². The first-order chi connectivity index (χ1) is 9.58. The summed E-state index contributed by atoms with van der Waals surface area (Å²) in [5, 5.41) is 14.0. The van der Waals surface area contributed by atoms with Crippen molar-refractivity contribution in [3.63, 3.8) is 0 Å². The van der Waals surface area contributed by atoms with Crippen LogP contribution in [0.25, 0.3) is 0 Å². The van der Waals surface area contributed by atoms with Gasteiger partial charge in [0.2, 0.25) is 5.91 Å². The summed E-state index contributed by atoms with van der Waals surface area (Å²) in [7, 11) is 0. The number of rotatable bonds is 5. The van der Waals surface area contributed by atoms with Crippen molar-refractivity contribution < 1.29 is 9.72 Å². The Bertz CT molecular complexity index is 501. The minimum absolute atomic E-state index is 0.0613. The van der Waals surface area contributed by atoms with Crippen molar-refractivity contribution in [2.24, 2.45) is 0 Å². The Labute approximate surface area is 117 Å². The van der Waals surface area contributed by atoms with Crippen molar-refractivity contribution >= 4 is 11.6 Å². The van der Waals surface area contributed by atoms with Crippen LogP contribution in [0.5, 0.6) is 0 Å². The largest absolute Gasteiger partial charge is 0.322 e. The van der Waals surface area contributed by atoms with E-state index in [9.17, 15) is 14.9 Å². The van der Waals surface area contributed by atoms with Crippen molar-refractivity contribution in [2.75, 3.05) is 6.54 Å². The summed E-state index contributed by atoms with van der Waals surface area (Å²) in [6.07, 6.45) is 1.55. The van der Waals surface area contributed by atoms with Gasteiger partial charge in [-0.25, -0.2) is 0 Å². The van der Waals surface area contributed by atoms with Crippen LogP contribution in [0.1, 0.15) is 38.4 Å². The minimum atomic E-state index is -0.422. The summed E-state index contributed by atoms with van der Waals surface area (Å²) >= 11 is 0. The lowest BCUT2D eigenvalue weighted by atomic mass is 10.1. The molecule has 2 unspecified atom stereocenters. The fraction of sp³-hybridized carbons (Fsp3) is 0.500. The molecule has 1 heterocycles. The average molecular weight is 277 g/mol. The first kappa shape index (κ1) is 14.5. The molecule has 0 saturated carbocycles. The number of nitrogens with zero attached hydrogens (tertiary/aromatic N) is 2. The van der Waals surface area contributed by atoms with E-state index in [2.05, 4.69) is 5.32 Å². The number of non-ortho nitro benzene ring substituents is 1. The Hall–Kier alpha value is -1.95. The van der Waals surface area contributed by atoms with Gasteiger partial charge < -0.3 is 4.90 Å². The number of hydrogen-bond donors (Lipinski definition) is 1. The second-order valence-corrected chi connectivity index (χ2v) is 4.88. The fourth-order valence-corrected chi connectivity index (χ4v) is 2.57. The Balaban J connectivity index is 2.22. The number of carbonyl (C=O) groups excluding carboxylic acids is 1. The van der Waals surface area contributed by atoms with Crippen LogP contribution in [0.15, 0.2) is 24.3 Å². The average Bonchev–Trinajstić information content (AvgIpc) is 2.76. The first-order valence-corrected chi connectivity index (χ1v) is 6.89. The molecule has 6 nitrogen and oxygen atoms in total. The third kappa shape index (κ3) is 2.65. The number of amides is 1. The molecular formula is C14H19N3O3. The molecule has 0 aliphatic carbocycles. The van der Waals surface area contributed by atoms with E-state index in [0.29, 0.717) is 6.54 Å². The SMILES string of the molecule is CCCC1NC(c2ccc([N+](=O)[O-])cc2)N(CC)C1=O. The second kappa shape index (κ2) is 6.00. The van der Waals surface area contributed by atoms with E-state index in [1.54, 1.807) is 17.0 Å². The maximum atomic E-state index is 12.2. The summed E-state index contributed by atoms with van der Waals surface area (Å²) < 4.78 is 0. The molecule has 108 valence electrons. The summed E-state index contributed by atoms with van der Waals surface area (Å²) in [5.41, 5.74) is 0.940. The summed E-state index contributed by atoms with van der Waals surface area (Å²) in [5.74, 6) is 0.109. The second-order valence-electron chi connectivity index (χ2n) is 4.88. The zero-order valence-corrected chi connectivity index (χ0v) is 11.7. The first-order valence-electron chi connectivity index (χ1n) is 6.89. The molecule has 0 aromatic heterocycles. The molecule has 2 atom stereocenters. The number of carbonyl (C=O) groups is 1. The van der Waals surface area contributed by atoms with E-state index in [1.165, 1.54) is 12.1 Å². The number of benzene rings is 1. The van der Waals surface area contributed by atoms with Crippen molar-refractivity contribution in [1.82, 2.24) is 10.2 Å². The van der Waals surface area contributed by atoms with Crippen LogP contribution in [0.2, 0.25) is 0 Å². The van der Waals surface area contributed by atoms with Crippen molar-refractivity contribution in [1.29, 1.82) is 0 Å². The summed E-state index contributed by atoms with van der Waals surface area (Å²) in [4.78, 5) is 24.3. The smallest absolute Gasteiger partial charge is 0.269 e. The zero-order valence-electron chi connectivity index (χ0n) is 11.7. The van der Waals surface area contributed by atoms with Gasteiger partial charge in [0.1, 0.15) is 6.17 Å². The fourth-order valence-electron chi connectivity index (χ4n) is 2.57. The quantitative estimate of drug-likeness (QED) is 0.661. The molecular weight excluding hydrogens is 258 g/mol. The van der Waals surface area contributed by atoms with E-state index < -0.39 is 4.92 Å². The molecule has 0 bridgehead atoms. The molecule has 0 radical (unpaired) electrons. The van der Waals surface area contributed by atoms with Gasteiger partial charge in [0.15, 0.2) is 0 Å². The number of nitro benzene ring substituents is 1. The van der Waals surface area contributed by atoms with Gasteiger partial charge in [-0.15, -0.1) is 0 Å². The molecule has 1 aliphatic rings. The van der Waals surface area contributed by atoms with Gasteiger partial charge in [0.25, 0.3) is 5.69 Å². The third-order valence-corrected chi connectivity index (χ3v) is 3.59. The van der Waals surface area contributed by atoms with E-state index in [1.807, 2.05) is 13.8 Å². The standard InChI is InChI=1S/C14H19N3O3/c1-3-5-12-14(18)16(4-2)13(15-12)10-6-8-11(9-7-10)17(19)20/h6-9,12-13,15H,3-5H2,1-2H3. The van der Waals surface area contributed by atoms with E-state index in [0.717, 1.165) is 18.4 Å². The van der Waals surface area contributed by atoms with Gasteiger partial charge in [-0.05, 0) is 31.0 Å². The van der Waals surface area contributed by atoms with Crippen LogP contribution in [-0.2, 0) is 4.79 Å². The van der Waals surface area contributed by atoms with Crippen molar-refractivity contribution in [2.45, 2.75) is 38.9 Å². The number of nitrogens with one attached hydrogen (secondary N) is 1. The number of hydrogen-bond acceptors (Lipinski definition) is 4. The monoisotopic (exact) mass is 277 g/mol. The van der Waals surface area contributed by atoms with Gasteiger partial charge in [-0.3, -0.25) is 20.2 Å². The Morgan fingerprint density at radius 1 is 1.30 bits per heavy atom. The maximum Gasteiger partial charge on any atom is 0.269 e. The van der Waals surface area contributed by atoms with E-state index >= 15 is 0 Å². The third-order valence-electron chi connectivity index (χ3n) is 3.59. The van der Waals surface area contributed by atoms with Gasteiger partial charge in [0, 0.05) is 18.7 Å². The molecule has 6 heteroatoms. The van der Waals surface area contributed by atoms with Gasteiger partial charge >= 0.3 is 0 Å². The molecule has 1 fully saturated rings. The van der Waals surface area contributed by atoms with Crippen LogP contribution in [0.3, 0.4) is 0 Å². The molecule has 1 N–H and O–H groups in total. The highest BCUT2D eigenvalue weighted by Gasteiger charge is 2.37. The van der Waals surface area contributed by atoms with Crippen LogP contribution < -0.4 is 5.32 Å². The summed E-state index contributed by atoms with van der Waals surface area (Å²) in [6.45, 7) is 4.60. The van der Waals surface area contributed by atoms with E-state index in [-0.39, 0.29) is 23.8 Å². The molecule has 1 saturated heterocycles. The highest BCUT2D eigenvalue weighted by Crippen LogP contribution is 2.27. The maximum absolute atomic E-state index is 12.2.